The normalized spacial score (nSPS) is 10.3. The number of hydrogen-bond acceptors (Lipinski definition) is 0. The van der Waals surface area contributed by atoms with Crippen molar-refractivity contribution in [2.24, 2.45) is 0 Å². The summed E-state index contributed by atoms with van der Waals surface area (Å²) in [7, 11) is 0. The van der Waals surface area contributed by atoms with Gasteiger partial charge in [-0.1, -0.05) is 36.1 Å². The summed E-state index contributed by atoms with van der Waals surface area (Å²) >= 11 is 0. The van der Waals surface area contributed by atoms with Gasteiger partial charge in [0.25, 0.3) is 0 Å². The van der Waals surface area contributed by atoms with Gasteiger partial charge in [-0.2, -0.15) is 0 Å². The highest BCUT2D eigenvalue weighted by atomic mass is 19.2. The van der Waals surface area contributed by atoms with Crippen molar-refractivity contribution in [3.63, 3.8) is 0 Å². The molecule has 0 saturated carbocycles. The number of aryl methyl sites for hydroxylation is 1. The minimum atomic E-state index is -1.58. The number of halogens is 4. The van der Waals surface area contributed by atoms with Gasteiger partial charge in [-0.25, -0.2) is 17.6 Å². The van der Waals surface area contributed by atoms with Gasteiger partial charge in [0.15, 0.2) is 17.5 Å². The Morgan fingerprint density at radius 3 is 1.96 bits per heavy atom. The van der Waals surface area contributed by atoms with Crippen LogP contribution in [-0.2, 0) is 6.42 Å². The first-order valence-corrected chi connectivity index (χ1v) is 8.64. The van der Waals surface area contributed by atoms with E-state index in [9.17, 15) is 17.6 Å². The van der Waals surface area contributed by atoms with Crippen LogP contribution in [0.1, 0.15) is 23.1 Å². The summed E-state index contributed by atoms with van der Waals surface area (Å²) in [6.07, 6.45) is 3.67. The lowest BCUT2D eigenvalue weighted by molar-refractivity contribution is 0.447. The number of allylic oxidation sites excluding steroid dienone is 1. The number of rotatable bonds is 4. The molecule has 0 aliphatic heterocycles. The predicted molar refractivity (Wildman–Crippen MR) is 103 cm³/mol. The molecule has 0 atom stereocenters. The van der Waals surface area contributed by atoms with Crippen LogP contribution in [0, 0.1) is 35.1 Å². The largest absolute Gasteiger partial charge is 0.206 e. The molecule has 0 aliphatic rings. The second kappa shape index (κ2) is 8.58. The fraction of sp³-hybridized carbons (Fsp3) is 0.0833. The Balaban J connectivity index is 1.82. The van der Waals surface area contributed by atoms with Crippen molar-refractivity contribution in [3.05, 3.63) is 107 Å². The first-order valence-electron chi connectivity index (χ1n) is 8.64. The van der Waals surface area contributed by atoms with Crippen molar-refractivity contribution in [2.75, 3.05) is 0 Å². The maximum Gasteiger partial charge on any atom is 0.194 e. The summed E-state index contributed by atoms with van der Waals surface area (Å²) in [5.41, 5.74) is 2.27. The van der Waals surface area contributed by atoms with E-state index >= 15 is 0 Å². The van der Waals surface area contributed by atoms with Crippen molar-refractivity contribution >= 4 is 0 Å². The van der Waals surface area contributed by atoms with Gasteiger partial charge in [0.05, 0.1) is 0 Å². The van der Waals surface area contributed by atoms with Crippen molar-refractivity contribution in [1.29, 1.82) is 0 Å². The van der Waals surface area contributed by atoms with Crippen LogP contribution in [0.4, 0.5) is 17.6 Å². The second-order valence-corrected chi connectivity index (χ2v) is 6.22. The Hall–Kier alpha value is -3.32. The SMILES string of the molecule is C=CCCc1ccc(C#Cc2ccc(-c3cc(F)c(F)c(F)c3)c(F)c2)cc1. The summed E-state index contributed by atoms with van der Waals surface area (Å²) in [6.45, 7) is 3.69. The molecule has 0 fully saturated rings. The smallest absolute Gasteiger partial charge is 0.194 e. The quantitative estimate of drug-likeness (QED) is 0.212. The van der Waals surface area contributed by atoms with E-state index < -0.39 is 23.3 Å². The Kier molecular flexibility index (Phi) is 5.96. The zero-order valence-electron chi connectivity index (χ0n) is 14.9. The molecule has 3 rings (SSSR count). The maximum atomic E-state index is 14.4. The lowest BCUT2D eigenvalue weighted by Crippen LogP contribution is -1.94. The van der Waals surface area contributed by atoms with E-state index in [4.69, 9.17) is 0 Å². The lowest BCUT2D eigenvalue weighted by atomic mass is 10.0. The van der Waals surface area contributed by atoms with Crippen molar-refractivity contribution in [2.45, 2.75) is 12.8 Å². The minimum Gasteiger partial charge on any atom is -0.206 e. The molecule has 0 heterocycles. The van der Waals surface area contributed by atoms with E-state index in [2.05, 4.69) is 18.4 Å². The summed E-state index contributed by atoms with van der Waals surface area (Å²) in [5.74, 6) is 0.800. The average molecular weight is 380 g/mol. The highest BCUT2D eigenvalue weighted by Crippen LogP contribution is 2.26. The van der Waals surface area contributed by atoms with Crippen LogP contribution in [0.2, 0.25) is 0 Å². The molecule has 0 N–H and O–H groups in total. The fourth-order valence-electron chi connectivity index (χ4n) is 2.71. The molecule has 140 valence electrons. The molecule has 0 radical (unpaired) electrons. The zero-order chi connectivity index (χ0) is 20.1. The topological polar surface area (TPSA) is 0 Å². The van der Waals surface area contributed by atoms with Crippen LogP contribution in [-0.4, -0.2) is 0 Å². The second-order valence-electron chi connectivity index (χ2n) is 6.22. The molecule has 0 spiro atoms. The Bertz CT molecular complexity index is 1050. The van der Waals surface area contributed by atoms with Gasteiger partial charge in [0.1, 0.15) is 5.82 Å². The average Bonchev–Trinajstić information content (AvgIpc) is 2.69. The van der Waals surface area contributed by atoms with Gasteiger partial charge in [-0.15, -0.1) is 6.58 Å². The summed E-state index contributed by atoms with van der Waals surface area (Å²) in [5, 5.41) is 0. The summed E-state index contributed by atoms with van der Waals surface area (Å²) in [6, 6.07) is 13.4. The first kappa shape index (κ1) is 19.4. The summed E-state index contributed by atoms with van der Waals surface area (Å²) < 4.78 is 54.2. The van der Waals surface area contributed by atoms with Gasteiger partial charge in [0.2, 0.25) is 0 Å². The van der Waals surface area contributed by atoms with Gasteiger partial charge in [-0.3, -0.25) is 0 Å². The molecule has 0 amide bonds. The van der Waals surface area contributed by atoms with E-state index in [0.717, 1.165) is 30.5 Å². The molecule has 3 aromatic carbocycles. The molecule has 28 heavy (non-hydrogen) atoms. The van der Waals surface area contributed by atoms with Crippen LogP contribution in [0.3, 0.4) is 0 Å². The molecule has 4 heteroatoms. The molecular formula is C24H16F4. The van der Waals surface area contributed by atoms with E-state index in [0.29, 0.717) is 5.56 Å². The molecular weight excluding hydrogens is 364 g/mol. The molecule has 0 bridgehead atoms. The molecule has 0 unspecified atom stereocenters. The van der Waals surface area contributed by atoms with Crippen LogP contribution >= 0.6 is 0 Å². The molecule has 3 aromatic rings. The minimum absolute atomic E-state index is 0.0325. The molecule has 0 nitrogen and oxygen atoms in total. The van der Waals surface area contributed by atoms with Crippen LogP contribution in [0.15, 0.2) is 67.3 Å². The molecule has 0 aromatic heterocycles. The van der Waals surface area contributed by atoms with Gasteiger partial charge >= 0.3 is 0 Å². The van der Waals surface area contributed by atoms with Crippen molar-refractivity contribution in [1.82, 2.24) is 0 Å². The van der Waals surface area contributed by atoms with Gasteiger partial charge in [-0.05, 0) is 60.4 Å². The zero-order valence-corrected chi connectivity index (χ0v) is 14.9. The van der Waals surface area contributed by atoms with Crippen molar-refractivity contribution in [3.8, 4) is 23.0 Å². The maximum absolute atomic E-state index is 14.4. The Morgan fingerprint density at radius 1 is 0.750 bits per heavy atom. The first-order chi connectivity index (χ1) is 13.5. The van der Waals surface area contributed by atoms with Gasteiger partial charge in [0, 0.05) is 16.7 Å². The van der Waals surface area contributed by atoms with Gasteiger partial charge < -0.3 is 0 Å². The third-order valence-electron chi connectivity index (χ3n) is 4.21. The fourth-order valence-corrected chi connectivity index (χ4v) is 2.71. The standard InChI is InChI=1S/C24H16F4/c1-2-3-4-16-5-7-17(8-6-16)9-10-18-11-12-20(21(25)13-18)19-14-22(26)24(28)23(27)15-19/h2,5-8,11-15H,1,3-4H2. The van der Waals surface area contributed by atoms with Crippen LogP contribution in [0.25, 0.3) is 11.1 Å². The van der Waals surface area contributed by atoms with E-state index in [1.54, 1.807) is 6.07 Å². The van der Waals surface area contributed by atoms with E-state index in [1.165, 1.54) is 17.7 Å². The Labute approximate surface area is 161 Å². The molecule has 0 aliphatic carbocycles. The van der Waals surface area contributed by atoms with Crippen molar-refractivity contribution < 1.29 is 17.6 Å². The number of benzene rings is 3. The Morgan fingerprint density at radius 2 is 1.36 bits per heavy atom. The van der Waals surface area contributed by atoms with Crippen LogP contribution in [0.5, 0.6) is 0 Å². The third kappa shape index (κ3) is 4.50. The monoisotopic (exact) mass is 380 g/mol. The van der Waals surface area contributed by atoms with E-state index in [1.807, 2.05) is 30.3 Å². The van der Waals surface area contributed by atoms with E-state index in [-0.39, 0.29) is 11.1 Å². The predicted octanol–water partition coefficient (Wildman–Crippen LogP) is 6.43. The summed E-state index contributed by atoms with van der Waals surface area (Å²) in [4.78, 5) is 0. The number of hydrogen-bond donors (Lipinski definition) is 0. The highest BCUT2D eigenvalue weighted by Gasteiger charge is 2.14. The molecule has 0 saturated heterocycles. The van der Waals surface area contributed by atoms with Crippen LogP contribution < -0.4 is 0 Å². The highest BCUT2D eigenvalue weighted by molar-refractivity contribution is 5.65. The third-order valence-corrected chi connectivity index (χ3v) is 4.21. The lowest BCUT2D eigenvalue weighted by Gasteiger charge is -2.05.